The van der Waals surface area contributed by atoms with E-state index in [1.165, 1.54) is 0 Å². The highest BCUT2D eigenvalue weighted by atomic mass is 16.5. The molecule has 6 nitrogen and oxygen atoms in total. The summed E-state index contributed by atoms with van der Waals surface area (Å²) < 4.78 is 21.7. The summed E-state index contributed by atoms with van der Waals surface area (Å²) in [5.41, 5.74) is 4.66. The molecule has 25 heavy (non-hydrogen) atoms. The number of nitrogens with zero attached hydrogens (tertiary/aromatic N) is 1. The normalized spacial score (nSPS) is 10.6. The Morgan fingerprint density at radius 1 is 0.960 bits per heavy atom. The summed E-state index contributed by atoms with van der Waals surface area (Å²) >= 11 is 0. The fourth-order valence-electron chi connectivity index (χ4n) is 2.17. The number of rotatable bonds is 9. The van der Waals surface area contributed by atoms with Crippen LogP contribution >= 0.6 is 0 Å². The first-order valence-corrected chi connectivity index (χ1v) is 8.03. The molecule has 0 amide bonds. The van der Waals surface area contributed by atoms with Crippen LogP contribution in [0.15, 0.2) is 41.5 Å². The Balaban J connectivity index is 2.14. The van der Waals surface area contributed by atoms with E-state index in [2.05, 4.69) is 10.5 Å². The summed E-state index contributed by atoms with van der Waals surface area (Å²) in [7, 11) is 4.84. The van der Waals surface area contributed by atoms with Crippen molar-refractivity contribution in [2.45, 2.75) is 13.3 Å². The first-order valence-electron chi connectivity index (χ1n) is 8.03. The Labute approximate surface area is 148 Å². The topological polar surface area (TPSA) is 61.3 Å². The summed E-state index contributed by atoms with van der Waals surface area (Å²) in [6.45, 7) is 2.64. The third-order valence-electron chi connectivity index (χ3n) is 3.43. The zero-order chi connectivity index (χ0) is 18.1. The van der Waals surface area contributed by atoms with Gasteiger partial charge in [-0.1, -0.05) is 6.92 Å². The van der Waals surface area contributed by atoms with E-state index < -0.39 is 0 Å². The molecule has 0 fully saturated rings. The minimum atomic E-state index is 0.596. The highest BCUT2D eigenvalue weighted by molar-refractivity contribution is 5.83. The predicted molar refractivity (Wildman–Crippen MR) is 99.5 cm³/mol. The van der Waals surface area contributed by atoms with E-state index in [0.717, 1.165) is 23.4 Å². The van der Waals surface area contributed by atoms with Crippen molar-refractivity contribution >= 4 is 11.9 Å². The van der Waals surface area contributed by atoms with Gasteiger partial charge in [-0.3, -0.25) is 5.43 Å². The fourth-order valence-corrected chi connectivity index (χ4v) is 2.17. The predicted octanol–water partition coefficient (Wildman–Crippen LogP) is 3.95. The van der Waals surface area contributed by atoms with Crippen molar-refractivity contribution < 1.29 is 18.9 Å². The van der Waals surface area contributed by atoms with Gasteiger partial charge in [0.15, 0.2) is 11.5 Å². The van der Waals surface area contributed by atoms with Gasteiger partial charge in [0.05, 0.1) is 39.8 Å². The molecule has 2 rings (SSSR count). The van der Waals surface area contributed by atoms with Crippen molar-refractivity contribution in [3.05, 3.63) is 42.0 Å². The molecule has 0 radical (unpaired) electrons. The second-order valence-electron chi connectivity index (χ2n) is 5.20. The third kappa shape index (κ3) is 5.04. The molecule has 0 saturated heterocycles. The molecule has 2 aromatic carbocycles. The first-order chi connectivity index (χ1) is 12.2. The monoisotopic (exact) mass is 344 g/mol. The van der Waals surface area contributed by atoms with E-state index in [-0.39, 0.29) is 0 Å². The zero-order valence-corrected chi connectivity index (χ0v) is 15.0. The van der Waals surface area contributed by atoms with E-state index in [1.807, 2.05) is 43.3 Å². The molecule has 0 aliphatic heterocycles. The van der Waals surface area contributed by atoms with Crippen LogP contribution in [-0.4, -0.2) is 34.2 Å². The molecule has 1 N–H and O–H groups in total. The summed E-state index contributed by atoms with van der Waals surface area (Å²) in [5.74, 6) is 2.62. The average molecular weight is 344 g/mol. The standard InChI is InChI=1S/C19H24N2O4/c1-5-10-25-19-17(23-3)11-14(12-18(19)24-4)13-20-21-15-6-8-16(22-2)9-7-15/h6-9,11-13,21H,5,10H2,1-4H3/b20-13+. The SMILES string of the molecule is CCCOc1c(OC)cc(/C=N/Nc2ccc(OC)cc2)cc1OC. The minimum Gasteiger partial charge on any atom is -0.497 e. The number of methoxy groups -OCH3 is 3. The minimum absolute atomic E-state index is 0.596. The van der Waals surface area contributed by atoms with E-state index in [0.29, 0.717) is 23.9 Å². The molecule has 2 aromatic rings. The third-order valence-corrected chi connectivity index (χ3v) is 3.43. The molecule has 0 aromatic heterocycles. The molecule has 0 bridgehead atoms. The maximum atomic E-state index is 5.73. The molecule has 0 spiro atoms. The lowest BCUT2D eigenvalue weighted by Gasteiger charge is -2.14. The van der Waals surface area contributed by atoms with Gasteiger partial charge in [0.2, 0.25) is 5.75 Å². The van der Waals surface area contributed by atoms with Gasteiger partial charge >= 0.3 is 0 Å². The highest BCUT2D eigenvalue weighted by Gasteiger charge is 2.13. The van der Waals surface area contributed by atoms with Gasteiger partial charge in [-0.15, -0.1) is 0 Å². The van der Waals surface area contributed by atoms with Crippen molar-refractivity contribution in [2.75, 3.05) is 33.4 Å². The average Bonchev–Trinajstić information content (AvgIpc) is 2.66. The largest absolute Gasteiger partial charge is 0.497 e. The van der Waals surface area contributed by atoms with Crippen LogP contribution in [0.3, 0.4) is 0 Å². The van der Waals surface area contributed by atoms with Crippen LogP contribution in [0.25, 0.3) is 0 Å². The quantitative estimate of drug-likeness (QED) is 0.551. The van der Waals surface area contributed by atoms with Gasteiger partial charge in [0, 0.05) is 5.56 Å². The second-order valence-corrected chi connectivity index (χ2v) is 5.20. The smallest absolute Gasteiger partial charge is 0.203 e. The first kappa shape index (κ1) is 18.4. The van der Waals surface area contributed by atoms with Gasteiger partial charge < -0.3 is 18.9 Å². The Kier molecular flexibility index (Phi) is 6.95. The number of hydrogen-bond donors (Lipinski definition) is 1. The summed E-state index contributed by atoms with van der Waals surface area (Å²) in [5, 5.41) is 4.24. The number of hydrazone groups is 1. The summed E-state index contributed by atoms with van der Waals surface area (Å²) in [6.07, 6.45) is 2.60. The molecule has 0 heterocycles. The van der Waals surface area contributed by atoms with Crippen LogP contribution in [0.5, 0.6) is 23.0 Å². The van der Waals surface area contributed by atoms with Crippen molar-refractivity contribution in [3.63, 3.8) is 0 Å². The lowest BCUT2D eigenvalue weighted by atomic mass is 10.2. The van der Waals surface area contributed by atoms with Crippen LogP contribution in [0.4, 0.5) is 5.69 Å². The maximum absolute atomic E-state index is 5.73. The van der Waals surface area contributed by atoms with Crippen molar-refractivity contribution in [2.24, 2.45) is 5.10 Å². The summed E-state index contributed by atoms with van der Waals surface area (Å²) in [6, 6.07) is 11.2. The molecular formula is C19H24N2O4. The Hall–Kier alpha value is -2.89. The lowest BCUT2D eigenvalue weighted by molar-refractivity contribution is 0.275. The van der Waals surface area contributed by atoms with Crippen LogP contribution in [0.2, 0.25) is 0 Å². The Bertz CT molecular complexity index is 674. The molecular weight excluding hydrogens is 320 g/mol. The number of benzene rings is 2. The van der Waals surface area contributed by atoms with E-state index in [1.54, 1.807) is 27.5 Å². The van der Waals surface area contributed by atoms with Crippen LogP contribution in [0.1, 0.15) is 18.9 Å². The van der Waals surface area contributed by atoms with Crippen molar-refractivity contribution in [3.8, 4) is 23.0 Å². The summed E-state index contributed by atoms with van der Waals surface area (Å²) in [4.78, 5) is 0. The van der Waals surface area contributed by atoms with Crippen LogP contribution < -0.4 is 24.4 Å². The van der Waals surface area contributed by atoms with Gasteiger partial charge in [-0.2, -0.15) is 5.10 Å². The highest BCUT2D eigenvalue weighted by Crippen LogP contribution is 2.38. The second kappa shape index (κ2) is 9.42. The van der Waals surface area contributed by atoms with Gasteiger partial charge in [-0.25, -0.2) is 0 Å². The van der Waals surface area contributed by atoms with Gasteiger partial charge in [0.1, 0.15) is 5.75 Å². The van der Waals surface area contributed by atoms with E-state index >= 15 is 0 Å². The van der Waals surface area contributed by atoms with Crippen LogP contribution in [0, 0.1) is 0 Å². The lowest BCUT2D eigenvalue weighted by Crippen LogP contribution is -2.01. The molecule has 0 saturated carbocycles. The number of hydrogen-bond acceptors (Lipinski definition) is 6. The number of nitrogens with one attached hydrogen (secondary N) is 1. The maximum Gasteiger partial charge on any atom is 0.203 e. The molecule has 0 unspecified atom stereocenters. The molecule has 0 aliphatic carbocycles. The Morgan fingerprint density at radius 2 is 1.60 bits per heavy atom. The van der Waals surface area contributed by atoms with Crippen molar-refractivity contribution in [1.82, 2.24) is 0 Å². The fraction of sp³-hybridized carbons (Fsp3) is 0.316. The van der Waals surface area contributed by atoms with Crippen molar-refractivity contribution in [1.29, 1.82) is 0 Å². The number of ether oxygens (including phenoxy) is 4. The van der Waals surface area contributed by atoms with E-state index in [9.17, 15) is 0 Å². The zero-order valence-electron chi connectivity index (χ0n) is 15.0. The van der Waals surface area contributed by atoms with Gasteiger partial charge in [0.25, 0.3) is 0 Å². The van der Waals surface area contributed by atoms with E-state index in [4.69, 9.17) is 18.9 Å². The molecule has 0 aliphatic rings. The molecule has 134 valence electrons. The number of anilines is 1. The van der Waals surface area contributed by atoms with Gasteiger partial charge in [-0.05, 0) is 42.8 Å². The molecule has 0 atom stereocenters. The molecule has 6 heteroatoms. The van der Waals surface area contributed by atoms with Crippen LogP contribution in [-0.2, 0) is 0 Å². The Morgan fingerprint density at radius 3 is 2.12 bits per heavy atom.